The molecular formula is C9H14O3S. The maximum atomic E-state index is 11.4. The molecular weight excluding hydrogens is 188 g/mol. The first kappa shape index (κ1) is 9.21. The van der Waals surface area contributed by atoms with Crippen LogP contribution in [-0.2, 0) is 14.3 Å². The van der Waals surface area contributed by atoms with E-state index in [9.17, 15) is 8.42 Å². The maximum absolute atomic E-state index is 11.4. The monoisotopic (exact) mass is 202 g/mol. The summed E-state index contributed by atoms with van der Waals surface area (Å²) in [4.78, 5) is 0. The molecule has 1 aliphatic heterocycles. The molecule has 3 nitrogen and oxygen atoms in total. The van der Waals surface area contributed by atoms with Crippen LogP contribution in [0.4, 0.5) is 0 Å². The molecule has 0 N–H and O–H groups in total. The zero-order chi connectivity index (χ0) is 9.64. The Morgan fingerprint density at radius 2 is 1.85 bits per heavy atom. The van der Waals surface area contributed by atoms with Crippen LogP contribution in [0.15, 0.2) is 11.1 Å². The van der Waals surface area contributed by atoms with Gasteiger partial charge in [-0.1, -0.05) is 11.1 Å². The third-order valence-corrected chi connectivity index (χ3v) is 4.91. The summed E-state index contributed by atoms with van der Waals surface area (Å²) in [6, 6.07) is 0. The van der Waals surface area contributed by atoms with E-state index in [2.05, 4.69) is 6.92 Å². The lowest BCUT2D eigenvalue weighted by atomic mass is 9.85. The average molecular weight is 202 g/mol. The van der Waals surface area contributed by atoms with Crippen molar-refractivity contribution in [3.8, 4) is 0 Å². The van der Waals surface area contributed by atoms with Crippen LogP contribution in [0.1, 0.15) is 26.7 Å². The highest BCUT2D eigenvalue weighted by molar-refractivity contribution is 7.87. The van der Waals surface area contributed by atoms with Crippen molar-refractivity contribution in [1.82, 2.24) is 0 Å². The van der Waals surface area contributed by atoms with E-state index >= 15 is 0 Å². The van der Waals surface area contributed by atoms with Crippen molar-refractivity contribution in [2.75, 3.05) is 6.61 Å². The summed E-state index contributed by atoms with van der Waals surface area (Å²) in [5.41, 5.74) is 2.55. The molecule has 13 heavy (non-hydrogen) atoms. The van der Waals surface area contributed by atoms with Crippen LogP contribution in [-0.4, -0.2) is 20.3 Å². The van der Waals surface area contributed by atoms with Gasteiger partial charge >= 0.3 is 0 Å². The molecule has 0 amide bonds. The van der Waals surface area contributed by atoms with E-state index < -0.39 is 10.1 Å². The van der Waals surface area contributed by atoms with Crippen LogP contribution in [0.2, 0.25) is 0 Å². The SMILES string of the molecule is CC1=C(C)C[C@H]2[C@H](COS2(=O)=O)C1. The molecule has 1 aliphatic carbocycles. The van der Waals surface area contributed by atoms with Crippen molar-refractivity contribution >= 4 is 10.1 Å². The first-order valence-corrected chi connectivity index (χ1v) is 6.01. The lowest BCUT2D eigenvalue weighted by Crippen LogP contribution is -2.26. The topological polar surface area (TPSA) is 43.4 Å². The second-order valence-corrected chi connectivity index (χ2v) is 5.87. The highest BCUT2D eigenvalue weighted by Crippen LogP contribution is 2.38. The van der Waals surface area contributed by atoms with Crippen LogP contribution in [0, 0.1) is 5.92 Å². The summed E-state index contributed by atoms with van der Waals surface area (Å²) in [6.07, 6.45) is 1.55. The van der Waals surface area contributed by atoms with Crippen LogP contribution < -0.4 is 0 Å². The average Bonchev–Trinajstić information content (AvgIpc) is 2.31. The van der Waals surface area contributed by atoms with Gasteiger partial charge in [0.1, 0.15) is 0 Å². The first-order chi connectivity index (χ1) is 6.00. The highest BCUT2D eigenvalue weighted by Gasteiger charge is 2.43. The fraction of sp³-hybridized carbons (Fsp3) is 0.778. The molecule has 0 spiro atoms. The van der Waals surface area contributed by atoms with Crippen molar-refractivity contribution in [3.63, 3.8) is 0 Å². The molecule has 1 saturated heterocycles. The van der Waals surface area contributed by atoms with Crippen molar-refractivity contribution in [3.05, 3.63) is 11.1 Å². The first-order valence-electron chi connectivity index (χ1n) is 4.54. The molecule has 1 fully saturated rings. The Bertz CT molecular complexity index is 353. The predicted octanol–water partition coefficient (Wildman–Crippen LogP) is 1.46. The van der Waals surface area contributed by atoms with Crippen molar-refractivity contribution in [2.24, 2.45) is 5.92 Å². The van der Waals surface area contributed by atoms with Crippen molar-refractivity contribution in [2.45, 2.75) is 31.9 Å². The molecule has 74 valence electrons. The minimum absolute atomic E-state index is 0.202. The third-order valence-electron chi connectivity index (χ3n) is 3.15. The Labute approximate surface area is 78.9 Å². The van der Waals surface area contributed by atoms with Crippen LogP contribution in [0.25, 0.3) is 0 Å². The predicted molar refractivity (Wildman–Crippen MR) is 49.8 cm³/mol. The molecule has 1 heterocycles. The minimum atomic E-state index is -3.24. The van der Waals surface area contributed by atoms with Crippen molar-refractivity contribution in [1.29, 1.82) is 0 Å². The van der Waals surface area contributed by atoms with Gasteiger partial charge < -0.3 is 0 Å². The number of hydrogen-bond donors (Lipinski definition) is 0. The molecule has 0 saturated carbocycles. The Kier molecular flexibility index (Phi) is 2.00. The molecule has 0 aromatic rings. The van der Waals surface area contributed by atoms with E-state index in [4.69, 9.17) is 4.18 Å². The van der Waals surface area contributed by atoms with Gasteiger partial charge in [0.2, 0.25) is 0 Å². The van der Waals surface area contributed by atoms with Crippen LogP contribution in [0.3, 0.4) is 0 Å². The lowest BCUT2D eigenvalue weighted by molar-refractivity contribution is 0.302. The van der Waals surface area contributed by atoms with Gasteiger partial charge in [-0.2, -0.15) is 8.42 Å². The van der Waals surface area contributed by atoms with E-state index in [0.717, 1.165) is 6.42 Å². The summed E-state index contributed by atoms with van der Waals surface area (Å²) >= 11 is 0. The molecule has 4 heteroatoms. The standard InChI is InChI=1S/C9H14O3S/c1-6-3-8-5-12-13(10,11)9(8)4-7(6)2/h8-9H,3-5H2,1-2H3/t8-,9-/m0/s1. The Hall–Kier alpha value is -0.350. The quantitative estimate of drug-likeness (QED) is 0.441. The minimum Gasteiger partial charge on any atom is -0.270 e. The number of hydrogen-bond acceptors (Lipinski definition) is 3. The number of allylic oxidation sites excluding steroid dienone is 2. The zero-order valence-electron chi connectivity index (χ0n) is 7.91. The summed E-state index contributed by atoms with van der Waals surface area (Å²) < 4.78 is 27.6. The van der Waals surface area contributed by atoms with E-state index in [1.807, 2.05) is 6.92 Å². The van der Waals surface area contributed by atoms with E-state index in [0.29, 0.717) is 13.0 Å². The van der Waals surface area contributed by atoms with E-state index in [1.54, 1.807) is 0 Å². The van der Waals surface area contributed by atoms with Gasteiger partial charge in [-0.05, 0) is 26.7 Å². The fourth-order valence-corrected chi connectivity index (χ4v) is 3.75. The molecule has 2 rings (SSSR count). The smallest absolute Gasteiger partial charge is 0.270 e. The van der Waals surface area contributed by atoms with E-state index in [-0.39, 0.29) is 11.2 Å². The van der Waals surface area contributed by atoms with Crippen LogP contribution in [0.5, 0.6) is 0 Å². The molecule has 0 aromatic heterocycles. The summed E-state index contributed by atoms with van der Waals surface area (Å²) in [5.74, 6) is 0.202. The van der Waals surface area contributed by atoms with Crippen molar-refractivity contribution < 1.29 is 12.6 Å². The molecule has 2 aliphatic rings. The number of fused-ring (bicyclic) bond motifs is 1. The zero-order valence-corrected chi connectivity index (χ0v) is 8.73. The van der Waals surface area contributed by atoms with Gasteiger partial charge in [0.05, 0.1) is 11.9 Å². The summed E-state index contributed by atoms with van der Waals surface area (Å²) in [5, 5.41) is -0.267. The van der Waals surface area contributed by atoms with Gasteiger partial charge in [-0.15, -0.1) is 0 Å². The Morgan fingerprint density at radius 3 is 2.54 bits per heavy atom. The fourth-order valence-electron chi connectivity index (χ4n) is 2.12. The van der Waals surface area contributed by atoms with Gasteiger partial charge in [0.15, 0.2) is 0 Å². The Balaban J connectivity index is 2.33. The van der Waals surface area contributed by atoms with Gasteiger partial charge in [-0.25, -0.2) is 0 Å². The maximum Gasteiger partial charge on any atom is 0.270 e. The number of rotatable bonds is 0. The normalized spacial score (nSPS) is 37.7. The Morgan fingerprint density at radius 1 is 1.23 bits per heavy atom. The van der Waals surface area contributed by atoms with E-state index in [1.165, 1.54) is 11.1 Å². The highest BCUT2D eigenvalue weighted by atomic mass is 32.2. The molecule has 2 atom stereocenters. The van der Waals surface area contributed by atoms with Gasteiger partial charge in [0, 0.05) is 5.92 Å². The molecule has 0 aromatic carbocycles. The summed E-state index contributed by atoms with van der Waals surface area (Å²) in [6.45, 7) is 4.48. The van der Waals surface area contributed by atoms with Gasteiger partial charge in [0.25, 0.3) is 10.1 Å². The second kappa shape index (κ2) is 2.82. The van der Waals surface area contributed by atoms with Gasteiger partial charge in [-0.3, -0.25) is 4.18 Å². The lowest BCUT2D eigenvalue weighted by Gasteiger charge is -2.24. The molecule has 0 bridgehead atoms. The third kappa shape index (κ3) is 1.42. The summed E-state index contributed by atoms with van der Waals surface area (Å²) in [7, 11) is -3.24. The molecule has 0 unspecified atom stereocenters. The largest absolute Gasteiger partial charge is 0.270 e. The van der Waals surface area contributed by atoms with Crippen LogP contribution >= 0.6 is 0 Å². The molecule has 0 radical (unpaired) electrons. The second-order valence-electron chi connectivity index (χ2n) is 4.04.